The zero-order valence-corrected chi connectivity index (χ0v) is 8.80. The molecule has 0 aliphatic rings. The number of hydrogen-bond donors (Lipinski definition) is 0. The van der Waals surface area contributed by atoms with Crippen LogP contribution in [0.25, 0.3) is 0 Å². The Hall–Kier alpha value is -1.33. The van der Waals surface area contributed by atoms with Gasteiger partial charge in [0.2, 0.25) is 5.88 Å². The second kappa shape index (κ2) is 6.21. The van der Waals surface area contributed by atoms with Gasteiger partial charge in [0.05, 0.1) is 0 Å². The van der Waals surface area contributed by atoms with E-state index >= 15 is 0 Å². The van der Waals surface area contributed by atoms with Gasteiger partial charge in [0.1, 0.15) is 6.33 Å². The molecule has 86 valence electrons. The number of hydrogen-bond acceptors (Lipinski definition) is 3. The van der Waals surface area contributed by atoms with Crippen molar-refractivity contribution >= 4 is 0 Å². The lowest BCUT2D eigenvalue weighted by Crippen LogP contribution is -2.19. The molecule has 0 radical (unpaired) electrons. The molecule has 0 N–H and O–H groups in total. The fourth-order valence-corrected chi connectivity index (χ4v) is 0.665. The molecule has 0 spiro atoms. The highest BCUT2D eigenvalue weighted by atomic mass is 19.4. The largest absolute Gasteiger partial charge is 0.468 e. The van der Waals surface area contributed by atoms with E-state index in [1.807, 2.05) is 13.8 Å². The van der Waals surface area contributed by atoms with Crippen LogP contribution in [0.4, 0.5) is 13.2 Å². The summed E-state index contributed by atoms with van der Waals surface area (Å²) in [6, 6.07) is 1.34. The molecule has 0 saturated heterocycles. The van der Waals surface area contributed by atoms with Gasteiger partial charge >= 0.3 is 6.18 Å². The third kappa shape index (κ3) is 6.70. The molecule has 1 rings (SSSR count). The summed E-state index contributed by atoms with van der Waals surface area (Å²) in [6.07, 6.45) is -3.18. The van der Waals surface area contributed by atoms with Gasteiger partial charge in [0, 0.05) is 11.8 Å². The van der Waals surface area contributed by atoms with Crippen molar-refractivity contribution in [2.75, 3.05) is 6.61 Å². The van der Waals surface area contributed by atoms with Crippen LogP contribution in [0.2, 0.25) is 0 Å². The molecule has 15 heavy (non-hydrogen) atoms. The molecule has 1 aromatic rings. The average molecular weight is 222 g/mol. The van der Waals surface area contributed by atoms with E-state index in [0.717, 1.165) is 6.33 Å². The van der Waals surface area contributed by atoms with Gasteiger partial charge in [-0.2, -0.15) is 13.2 Å². The van der Waals surface area contributed by atoms with Crippen LogP contribution in [0.5, 0.6) is 5.88 Å². The molecule has 0 amide bonds. The van der Waals surface area contributed by atoms with Crippen LogP contribution >= 0.6 is 0 Å². The highest BCUT2D eigenvalue weighted by Gasteiger charge is 2.28. The molecule has 0 aliphatic carbocycles. The van der Waals surface area contributed by atoms with Gasteiger partial charge in [0.15, 0.2) is 6.61 Å². The molecule has 6 heteroatoms. The summed E-state index contributed by atoms with van der Waals surface area (Å²) in [4.78, 5) is 7.22. The Morgan fingerprint density at radius 3 is 2.33 bits per heavy atom. The molecule has 0 fully saturated rings. The molecule has 0 saturated carbocycles. The van der Waals surface area contributed by atoms with Crippen molar-refractivity contribution in [3.63, 3.8) is 0 Å². The minimum atomic E-state index is -4.33. The number of halogens is 3. The first-order valence-electron chi connectivity index (χ1n) is 4.45. The lowest BCUT2D eigenvalue weighted by Gasteiger charge is -2.07. The molecule has 3 nitrogen and oxygen atoms in total. The SMILES string of the molecule is CC.Cc1cc(OCC(F)(F)F)ncn1. The van der Waals surface area contributed by atoms with E-state index in [2.05, 4.69) is 14.7 Å². The lowest BCUT2D eigenvalue weighted by molar-refractivity contribution is -0.154. The first-order chi connectivity index (χ1) is 6.97. The van der Waals surface area contributed by atoms with Crippen LogP contribution in [0, 0.1) is 6.92 Å². The lowest BCUT2D eigenvalue weighted by atomic mass is 10.4. The van der Waals surface area contributed by atoms with E-state index in [1.165, 1.54) is 6.07 Å². The zero-order chi connectivity index (χ0) is 11.9. The fraction of sp³-hybridized carbons (Fsp3) is 0.556. The first-order valence-corrected chi connectivity index (χ1v) is 4.45. The molecule has 1 heterocycles. The highest BCUT2D eigenvalue weighted by molar-refractivity contribution is 5.11. The van der Waals surface area contributed by atoms with Gasteiger partial charge in [0.25, 0.3) is 0 Å². The van der Waals surface area contributed by atoms with Gasteiger partial charge in [-0.3, -0.25) is 0 Å². The molecular weight excluding hydrogens is 209 g/mol. The number of nitrogens with zero attached hydrogens (tertiary/aromatic N) is 2. The molecule has 0 aromatic carbocycles. The van der Waals surface area contributed by atoms with Gasteiger partial charge in [-0.15, -0.1) is 0 Å². The third-order valence-corrected chi connectivity index (χ3v) is 1.16. The smallest absolute Gasteiger partial charge is 0.422 e. The predicted octanol–water partition coefficient (Wildman–Crippen LogP) is 2.75. The Bertz CT molecular complexity index is 289. The number of ether oxygens (including phenoxy) is 1. The van der Waals surface area contributed by atoms with E-state index in [1.54, 1.807) is 6.92 Å². The summed E-state index contributed by atoms with van der Waals surface area (Å²) < 4.78 is 39.4. The van der Waals surface area contributed by atoms with Crippen molar-refractivity contribution in [3.8, 4) is 5.88 Å². The monoisotopic (exact) mass is 222 g/mol. The second-order valence-electron chi connectivity index (χ2n) is 2.40. The predicted molar refractivity (Wildman–Crippen MR) is 49.7 cm³/mol. The van der Waals surface area contributed by atoms with Crippen LogP contribution in [0.1, 0.15) is 19.5 Å². The Morgan fingerprint density at radius 2 is 1.87 bits per heavy atom. The van der Waals surface area contributed by atoms with E-state index in [0.29, 0.717) is 5.69 Å². The van der Waals surface area contributed by atoms with Crippen molar-refractivity contribution < 1.29 is 17.9 Å². The number of rotatable bonds is 2. The van der Waals surface area contributed by atoms with Crippen LogP contribution in [0.3, 0.4) is 0 Å². The van der Waals surface area contributed by atoms with Gasteiger partial charge in [-0.25, -0.2) is 9.97 Å². The minimum absolute atomic E-state index is 0.0650. The highest BCUT2D eigenvalue weighted by Crippen LogP contribution is 2.16. The molecule has 0 atom stereocenters. The summed E-state index contributed by atoms with van der Waals surface area (Å²) in [5, 5.41) is 0. The molecular formula is C9H13F3N2O. The van der Waals surface area contributed by atoms with Crippen LogP contribution < -0.4 is 4.74 Å². The fourth-order valence-electron chi connectivity index (χ4n) is 0.665. The van der Waals surface area contributed by atoms with Gasteiger partial charge in [-0.1, -0.05) is 13.8 Å². The van der Waals surface area contributed by atoms with Crippen molar-refractivity contribution in [3.05, 3.63) is 18.1 Å². The van der Waals surface area contributed by atoms with Crippen LogP contribution in [-0.4, -0.2) is 22.8 Å². The average Bonchev–Trinajstić information content (AvgIpc) is 2.17. The number of aromatic nitrogens is 2. The summed E-state index contributed by atoms with van der Waals surface area (Å²) in [5.41, 5.74) is 0.562. The summed E-state index contributed by atoms with van der Waals surface area (Å²) >= 11 is 0. The standard InChI is InChI=1S/C7H7F3N2O.C2H6/c1-5-2-6(12-4-11-5)13-3-7(8,9)10;1-2/h2,4H,3H2,1H3;1-2H3. The van der Waals surface area contributed by atoms with Gasteiger partial charge in [-0.05, 0) is 6.92 Å². The molecule has 0 aliphatic heterocycles. The Labute approximate surface area is 86.3 Å². The zero-order valence-electron chi connectivity index (χ0n) is 8.80. The summed E-state index contributed by atoms with van der Waals surface area (Å²) in [7, 11) is 0. The van der Waals surface area contributed by atoms with Crippen molar-refractivity contribution in [2.45, 2.75) is 26.9 Å². The third-order valence-electron chi connectivity index (χ3n) is 1.16. The molecule has 0 unspecified atom stereocenters. The minimum Gasteiger partial charge on any atom is -0.468 e. The van der Waals surface area contributed by atoms with E-state index in [9.17, 15) is 13.2 Å². The quantitative estimate of drug-likeness (QED) is 0.771. The maximum atomic E-state index is 11.7. The Morgan fingerprint density at radius 1 is 1.27 bits per heavy atom. The van der Waals surface area contributed by atoms with Crippen molar-refractivity contribution in [2.24, 2.45) is 0 Å². The molecule has 0 bridgehead atoms. The van der Waals surface area contributed by atoms with Crippen LogP contribution in [0.15, 0.2) is 12.4 Å². The molecule has 1 aromatic heterocycles. The van der Waals surface area contributed by atoms with Gasteiger partial charge < -0.3 is 4.74 Å². The first kappa shape index (κ1) is 13.7. The maximum absolute atomic E-state index is 11.7. The maximum Gasteiger partial charge on any atom is 0.422 e. The Balaban J connectivity index is 0.000000921. The second-order valence-corrected chi connectivity index (χ2v) is 2.40. The number of aryl methyl sites for hydroxylation is 1. The topological polar surface area (TPSA) is 35.0 Å². The summed E-state index contributed by atoms with van der Waals surface area (Å²) in [5.74, 6) is -0.0650. The number of alkyl halides is 3. The van der Waals surface area contributed by atoms with E-state index in [-0.39, 0.29) is 5.88 Å². The van der Waals surface area contributed by atoms with Crippen LogP contribution in [-0.2, 0) is 0 Å². The van der Waals surface area contributed by atoms with E-state index < -0.39 is 12.8 Å². The Kier molecular flexibility index (Phi) is 5.66. The normalized spacial score (nSPS) is 10.3. The van der Waals surface area contributed by atoms with E-state index in [4.69, 9.17) is 0 Å². The van der Waals surface area contributed by atoms with Crippen molar-refractivity contribution in [1.29, 1.82) is 0 Å². The summed E-state index contributed by atoms with van der Waals surface area (Å²) in [6.45, 7) is 4.31. The van der Waals surface area contributed by atoms with Crippen molar-refractivity contribution in [1.82, 2.24) is 9.97 Å².